The molecule has 2 rings (SSSR count). The summed E-state index contributed by atoms with van der Waals surface area (Å²) in [5.74, 6) is 2.81. The number of rotatable bonds is 5. The number of nitrogens with zero attached hydrogens (tertiary/aromatic N) is 1. The van der Waals surface area contributed by atoms with E-state index in [2.05, 4.69) is 24.1 Å². The van der Waals surface area contributed by atoms with Gasteiger partial charge in [-0.2, -0.15) is 0 Å². The molecule has 1 aromatic heterocycles. The minimum absolute atomic E-state index is 0.398. The average molecular weight is 238 g/mol. The van der Waals surface area contributed by atoms with Crippen molar-refractivity contribution in [2.45, 2.75) is 39.2 Å². The molecule has 4 nitrogen and oxygen atoms in total. The lowest BCUT2D eigenvalue weighted by molar-refractivity contribution is 0.0737. The number of oxazole rings is 1. The Morgan fingerprint density at radius 1 is 1.53 bits per heavy atom. The van der Waals surface area contributed by atoms with Gasteiger partial charge in [0.1, 0.15) is 5.76 Å². The molecule has 0 amide bonds. The standard InChI is InChI=1S/C13H22N2O2/c1-10(2)6-14-8-13-15-7-12(17-13)11-4-3-5-16-9-11/h7,10-11,14H,3-6,8-9H2,1-2H3. The van der Waals surface area contributed by atoms with Crippen LogP contribution >= 0.6 is 0 Å². The fraction of sp³-hybridized carbons (Fsp3) is 0.769. The third kappa shape index (κ3) is 3.82. The number of hydrogen-bond donors (Lipinski definition) is 1. The molecule has 0 aliphatic carbocycles. The lowest BCUT2D eigenvalue weighted by atomic mass is 10.0. The summed E-state index contributed by atoms with van der Waals surface area (Å²) in [5, 5.41) is 3.33. The van der Waals surface area contributed by atoms with Crippen LogP contribution in [0.25, 0.3) is 0 Å². The first-order valence-electron chi connectivity index (χ1n) is 6.48. The Hall–Kier alpha value is -0.870. The molecule has 1 aromatic rings. The molecule has 96 valence electrons. The van der Waals surface area contributed by atoms with Gasteiger partial charge in [0.15, 0.2) is 0 Å². The van der Waals surface area contributed by atoms with Gasteiger partial charge >= 0.3 is 0 Å². The highest BCUT2D eigenvalue weighted by Crippen LogP contribution is 2.25. The van der Waals surface area contributed by atoms with Crippen molar-refractivity contribution in [2.24, 2.45) is 5.92 Å². The fourth-order valence-corrected chi connectivity index (χ4v) is 2.03. The van der Waals surface area contributed by atoms with Gasteiger partial charge in [0.25, 0.3) is 0 Å². The molecule has 0 bridgehead atoms. The molecule has 0 saturated carbocycles. The quantitative estimate of drug-likeness (QED) is 0.855. The van der Waals surface area contributed by atoms with Crippen molar-refractivity contribution < 1.29 is 9.15 Å². The zero-order valence-corrected chi connectivity index (χ0v) is 10.7. The van der Waals surface area contributed by atoms with Gasteiger partial charge in [-0.05, 0) is 25.3 Å². The maximum absolute atomic E-state index is 5.75. The van der Waals surface area contributed by atoms with Crippen LogP contribution in [0.4, 0.5) is 0 Å². The first-order chi connectivity index (χ1) is 8.25. The van der Waals surface area contributed by atoms with Gasteiger partial charge in [-0.1, -0.05) is 13.8 Å². The van der Waals surface area contributed by atoms with Crippen molar-refractivity contribution in [1.29, 1.82) is 0 Å². The van der Waals surface area contributed by atoms with Crippen LogP contribution in [0.3, 0.4) is 0 Å². The first kappa shape index (κ1) is 12.6. The summed E-state index contributed by atoms with van der Waals surface area (Å²) < 4.78 is 11.2. The molecular weight excluding hydrogens is 216 g/mol. The average Bonchev–Trinajstić information content (AvgIpc) is 2.78. The maximum Gasteiger partial charge on any atom is 0.208 e. The molecule has 0 radical (unpaired) electrons. The Bertz CT molecular complexity index is 330. The second-order valence-electron chi connectivity index (χ2n) is 5.10. The van der Waals surface area contributed by atoms with Crippen molar-refractivity contribution in [3.05, 3.63) is 17.8 Å². The largest absolute Gasteiger partial charge is 0.444 e. The molecule has 1 unspecified atom stereocenters. The van der Waals surface area contributed by atoms with Crippen molar-refractivity contribution in [3.63, 3.8) is 0 Å². The predicted octanol–water partition coefficient (Wildman–Crippen LogP) is 2.31. The molecule has 0 spiro atoms. The van der Waals surface area contributed by atoms with Gasteiger partial charge in [-0.15, -0.1) is 0 Å². The molecule has 1 N–H and O–H groups in total. The SMILES string of the molecule is CC(C)CNCc1ncc(C2CCCOC2)o1. The Labute approximate surface area is 103 Å². The van der Waals surface area contributed by atoms with E-state index in [1.165, 1.54) is 0 Å². The molecular formula is C13H22N2O2. The summed E-state index contributed by atoms with van der Waals surface area (Å²) in [4.78, 5) is 4.30. The Balaban J connectivity index is 1.82. The van der Waals surface area contributed by atoms with E-state index in [1.54, 1.807) is 0 Å². The highest BCUT2D eigenvalue weighted by molar-refractivity contribution is 5.02. The summed E-state index contributed by atoms with van der Waals surface area (Å²) in [6.07, 6.45) is 4.12. The van der Waals surface area contributed by atoms with Crippen LogP contribution in [0.5, 0.6) is 0 Å². The summed E-state index contributed by atoms with van der Waals surface area (Å²) >= 11 is 0. The third-order valence-electron chi connectivity index (χ3n) is 2.96. The molecule has 1 saturated heterocycles. The molecule has 1 fully saturated rings. The van der Waals surface area contributed by atoms with Gasteiger partial charge in [-0.25, -0.2) is 4.98 Å². The minimum Gasteiger partial charge on any atom is -0.444 e. The number of aromatic nitrogens is 1. The van der Waals surface area contributed by atoms with Crippen LogP contribution in [-0.4, -0.2) is 24.7 Å². The first-order valence-corrected chi connectivity index (χ1v) is 6.48. The highest BCUT2D eigenvalue weighted by Gasteiger charge is 2.19. The lowest BCUT2D eigenvalue weighted by Gasteiger charge is -2.19. The van der Waals surface area contributed by atoms with Gasteiger partial charge < -0.3 is 14.5 Å². The minimum atomic E-state index is 0.398. The zero-order valence-electron chi connectivity index (χ0n) is 10.7. The second kappa shape index (κ2) is 6.17. The Morgan fingerprint density at radius 2 is 2.41 bits per heavy atom. The molecule has 2 heterocycles. The topological polar surface area (TPSA) is 47.3 Å². The van der Waals surface area contributed by atoms with E-state index in [9.17, 15) is 0 Å². The smallest absolute Gasteiger partial charge is 0.208 e. The molecule has 1 aliphatic heterocycles. The zero-order chi connectivity index (χ0) is 12.1. The van der Waals surface area contributed by atoms with Crippen LogP contribution < -0.4 is 5.32 Å². The Morgan fingerprint density at radius 3 is 3.12 bits per heavy atom. The predicted molar refractivity (Wildman–Crippen MR) is 65.8 cm³/mol. The van der Waals surface area contributed by atoms with Crippen LogP contribution in [0.15, 0.2) is 10.6 Å². The van der Waals surface area contributed by atoms with Crippen molar-refractivity contribution in [1.82, 2.24) is 10.3 Å². The van der Waals surface area contributed by atoms with E-state index in [4.69, 9.17) is 9.15 Å². The van der Waals surface area contributed by atoms with Gasteiger partial charge in [0, 0.05) is 12.5 Å². The van der Waals surface area contributed by atoms with E-state index in [1.807, 2.05) is 6.20 Å². The Kier molecular flexibility index (Phi) is 4.57. The van der Waals surface area contributed by atoms with E-state index < -0.39 is 0 Å². The summed E-state index contributed by atoms with van der Waals surface area (Å²) in [6.45, 7) is 7.73. The summed E-state index contributed by atoms with van der Waals surface area (Å²) in [6, 6.07) is 0. The molecule has 1 atom stereocenters. The van der Waals surface area contributed by atoms with Gasteiger partial charge in [-0.3, -0.25) is 0 Å². The fourth-order valence-electron chi connectivity index (χ4n) is 2.03. The van der Waals surface area contributed by atoms with E-state index in [0.717, 1.165) is 44.3 Å². The van der Waals surface area contributed by atoms with Gasteiger partial charge in [0.2, 0.25) is 5.89 Å². The van der Waals surface area contributed by atoms with Crippen molar-refractivity contribution in [2.75, 3.05) is 19.8 Å². The molecule has 17 heavy (non-hydrogen) atoms. The highest BCUT2D eigenvalue weighted by atomic mass is 16.5. The van der Waals surface area contributed by atoms with Crippen LogP contribution in [0.1, 0.15) is 44.3 Å². The van der Waals surface area contributed by atoms with Crippen LogP contribution in [-0.2, 0) is 11.3 Å². The van der Waals surface area contributed by atoms with E-state index in [-0.39, 0.29) is 0 Å². The molecule has 4 heteroatoms. The molecule has 0 aromatic carbocycles. The monoisotopic (exact) mass is 238 g/mol. The maximum atomic E-state index is 5.75. The summed E-state index contributed by atoms with van der Waals surface area (Å²) in [7, 11) is 0. The number of ether oxygens (including phenoxy) is 1. The third-order valence-corrected chi connectivity index (χ3v) is 2.96. The normalized spacial score (nSPS) is 21.0. The number of nitrogens with one attached hydrogen (secondary N) is 1. The summed E-state index contributed by atoms with van der Waals surface area (Å²) in [5.41, 5.74) is 0. The lowest BCUT2D eigenvalue weighted by Crippen LogP contribution is -2.19. The van der Waals surface area contributed by atoms with Gasteiger partial charge in [0.05, 0.1) is 19.3 Å². The van der Waals surface area contributed by atoms with Crippen LogP contribution in [0.2, 0.25) is 0 Å². The van der Waals surface area contributed by atoms with E-state index >= 15 is 0 Å². The van der Waals surface area contributed by atoms with E-state index in [0.29, 0.717) is 18.4 Å². The van der Waals surface area contributed by atoms with Crippen LogP contribution in [0, 0.1) is 5.92 Å². The number of hydrogen-bond acceptors (Lipinski definition) is 4. The second-order valence-corrected chi connectivity index (χ2v) is 5.10. The van der Waals surface area contributed by atoms with Crippen molar-refractivity contribution >= 4 is 0 Å². The van der Waals surface area contributed by atoms with Crippen molar-refractivity contribution in [3.8, 4) is 0 Å². The molecule has 1 aliphatic rings.